The Labute approximate surface area is 129 Å². The summed E-state index contributed by atoms with van der Waals surface area (Å²) in [5.74, 6) is 1.13. The summed E-state index contributed by atoms with van der Waals surface area (Å²) < 4.78 is 5.40. The minimum absolute atomic E-state index is 0.00572. The summed E-state index contributed by atoms with van der Waals surface area (Å²) in [7, 11) is 1.56. The van der Waals surface area contributed by atoms with Crippen LogP contribution in [0.4, 0.5) is 5.69 Å². The van der Waals surface area contributed by atoms with Crippen LogP contribution in [0.25, 0.3) is 33.5 Å². The van der Waals surface area contributed by atoms with Crippen LogP contribution in [0, 0.1) is 16.4 Å². The fourth-order valence-corrected chi connectivity index (χ4v) is 2.56. The molecule has 0 saturated heterocycles. The minimum Gasteiger partial charge on any atom is -0.496 e. The van der Waals surface area contributed by atoms with Crippen LogP contribution < -0.4 is 4.74 Å². The summed E-state index contributed by atoms with van der Waals surface area (Å²) in [5, 5.41) is 10.9. The number of ether oxygens (including phenoxy) is 1. The second-order valence-electron chi connectivity index (χ2n) is 4.93. The van der Waals surface area contributed by atoms with Gasteiger partial charge < -0.3 is 14.7 Å². The number of H-pyrrole nitrogens is 2. The maximum Gasteiger partial charge on any atom is 0.271 e. The molecule has 2 aromatic heterocycles. The lowest BCUT2D eigenvalue weighted by molar-refractivity contribution is -0.384. The van der Waals surface area contributed by atoms with Gasteiger partial charge in [0.25, 0.3) is 5.69 Å². The van der Waals surface area contributed by atoms with Gasteiger partial charge in [0.15, 0.2) is 6.33 Å². The molecule has 0 aliphatic heterocycles. The number of methoxy groups -OCH3 is 1. The monoisotopic (exact) mass is 308 g/mol. The molecule has 0 aliphatic rings. The lowest BCUT2D eigenvalue weighted by Crippen LogP contribution is -1.91. The molecule has 2 aromatic carbocycles. The number of fused-ring (bicyclic) bond motifs is 2. The number of nitro groups is 1. The summed E-state index contributed by atoms with van der Waals surface area (Å²) in [5.41, 5.74) is 3.34. The number of aromatic amines is 2. The van der Waals surface area contributed by atoms with Crippen LogP contribution in [0.5, 0.6) is 5.75 Å². The molecular weight excluding hydrogens is 298 g/mol. The van der Waals surface area contributed by atoms with E-state index in [1.54, 1.807) is 19.2 Å². The van der Waals surface area contributed by atoms with Gasteiger partial charge in [0, 0.05) is 12.1 Å². The lowest BCUT2D eigenvalue weighted by atomic mass is 10.1. The smallest absolute Gasteiger partial charge is 0.271 e. The lowest BCUT2D eigenvalue weighted by Gasteiger charge is -2.06. The third-order valence-corrected chi connectivity index (χ3v) is 3.63. The van der Waals surface area contributed by atoms with Crippen LogP contribution in [0.3, 0.4) is 0 Å². The number of aromatic nitrogens is 4. The van der Waals surface area contributed by atoms with E-state index >= 15 is 0 Å². The van der Waals surface area contributed by atoms with Gasteiger partial charge in [0.1, 0.15) is 17.1 Å². The number of hydrogen-bond acceptors (Lipinski definition) is 5. The number of nitrogens with zero attached hydrogens (tertiary/aromatic N) is 3. The van der Waals surface area contributed by atoms with E-state index in [1.807, 2.05) is 6.07 Å². The van der Waals surface area contributed by atoms with E-state index in [2.05, 4.69) is 26.3 Å². The van der Waals surface area contributed by atoms with E-state index in [0.29, 0.717) is 33.7 Å². The molecule has 2 N–H and O–H groups in total. The summed E-state index contributed by atoms with van der Waals surface area (Å²) in [6.45, 7) is 0. The predicted octanol–water partition coefficient (Wildman–Crippen LogP) is 2.82. The van der Waals surface area contributed by atoms with Crippen molar-refractivity contribution in [2.45, 2.75) is 0 Å². The average Bonchev–Trinajstić information content (AvgIpc) is 3.18. The van der Waals surface area contributed by atoms with Crippen LogP contribution >= 0.6 is 0 Å². The van der Waals surface area contributed by atoms with E-state index in [4.69, 9.17) is 4.74 Å². The SMILES string of the molecule is COc1ccc2[nH][c]nc2c1-c1nc2cc([N+](=O)[O-])ccc2[nH]1. The van der Waals surface area contributed by atoms with Gasteiger partial charge in [-0.15, -0.1) is 0 Å². The Morgan fingerprint density at radius 3 is 2.87 bits per heavy atom. The van der Waals surface area contributed by atoms with Crippen LogP contribution in [-0.2, 0) is 0 Å². The van der Waals surface area contributed by atoms with E-state index < -0.39 is 4.92 Å². The highest BCUT2D eigenvalue weighted by Gasteiger charge is 2.17. The number of imidazole rings is 2. The number of hydrogen-bond donors (Lipinski definition) is 2. The molecule has 0 atom stereocenters. The summed E-state index contributed by atoms with van der Waals surface area (Å²) in [4.78, 5) is 25.2. The Morgan fingerprint density at radius 2 is 2.09 bits per heavy atom. The van der Waals surface area contributed by atoms with Crippen LogP contribution in [0.1, 0.15) is 0 Å². The molecule has 113 valence electrons. The Kier molecular flexibility index (Phi) is 2.77. The zero-order valence-electron chi connectivity index (χ0n) is 12.0. The molecule has 0 bridgehead atoms. The van der Waals surface area contributed by atoms with E-state index in [9.17, 15) is 10.1 Å². The van der Waals surface area contributed by atoms with E-state index in [0.717, 1.165) is 5.52 Å². The second-order valence-corrected chi connectivity index (χ2v) is 4.93. The third-order valence-electron chi connectivity index (χ3n) is 3.63. The molecule has 23 heavy (non-hydrogen) atoms. The van der Waals surface area contributed by atoms with Crippen LogP contribution in [0.15, 0.2) is 30.3 Å². The molecule has 0 spiro atoms. The molecule has 0 unspecified atom stereocenters. The van der Waals surface area contributed by atoms with Gasteiger partial charge in [0.05, 0.1) is 34.1 Å². The van der Waals surface area contributed by atoms with Gasteiger partial charge in [-0.2, -0.15) is 0 Å². The van der Waals surface area contributed by atoms with Crippen molar-refractivity contribution in [1.29, 1.82) is 0 Å². The van der Waals surface area contributed by atoms with Crippen molar-refractivity contribution in [2.75, 3.05) is 7.11 Å². The summed E-state index contributed by atoms with van der Waals surface area (Å²) in [6.07, 6.45) is 2.70. The second kappa shape index (κ2) is 4.80. The molecule has 4 aromatic rings. The Hall–Kier alpha value is -3.42. The first-order chi connectivity index (χ1) is 11.2. The van der Waals surface area contributed by atoms with Crippen molar-refractivity contribution in [3.05, 3.63) is 46.8 Å². The van der Waals surface area contributed by atoms with Crippen molar-refractivity contribution in [1.82, 2.24) is 19.9 Å². The van der Waals surface area contributed by atoms with Crippen molar-refractivity contribution >= 4 is 27.8 Å². The predicted molar refractivity (Wildman–Crippen MR) is 83.2 cm³/mol. The van der Waals surface area contributed by atoms with E-state index in [1.165, 1.54) is 12.1 Å². The molecule has 0 saturated carbocycles. The standard InChI is InChI=1S/C15H10N5O3/c1-23-12-5-4-10-14(17-7-16-10)13(12)15-18-9-3-2-8(20(21)22)6-11(9)19-15/h2-6H,1H3,(H,16,17)(H,18,19). The number of non-ortho nitro benzene ring substituents is 1. The molecule has 1 radical (unpaired) electrons. The Bertz CT molecular complexity index is 1050. The number of nitro benzene ring substituents is 1. The fraction of sp³-hybridized carbons (Fsp3) is 0.0667. The Balaban J connectivity index is 1.98. The summed E-state index contributed by atoms with van der Waals surface area (Å²) in [6, 6.07) is 8.14. The van der Waals surface area contributed by atoms with Gasteiger partial charge in [0.2, 0.25) is 0 Å². The van der Waals surface area contributed by atoms with Gasteiger partial charge in [-0.3, -0.25) is 10.1 Å². The highest BCUT2D eigenvalue weighted by molar-refractivity contribution is 5.95. The zero-order chi connectivity index (χ0) is 16.0. The van der Waals surface area contributed by atoms with Crippen molar-refractivity contribution < 1.29 is 9.66 Å². The first kappa shape index (κ1) is 13.3. The number of benzene rings is 2. The third kappa shape index (κ3) is 2.00. The van der Waals surface area contributed by atoms with Crippen molar-refractivity contribution in [2.24, 2.45) is 0 Å². The van der Waals surface area contributed by atoms with Crippen molar-refractivity contribution in [3.63, 3.8) is 0 Å². The van der Waals surface area contributed by atoms with Crippen LogP contribution in [-0.4, -0.2) is 32.0 Å². The number of nitrogens with one attached hydrogen (secondary N) is 2. The minimum atomic E-state index is -0.447. The van der Waals surface area contributed by atoms with Gasteiger partial charge in [-0.1, -0.05) is 0 Å². The highest BCUT2D eigenvalue weighted by Crippen LogP contribution is 2.35. The zero-order valence-corrected chi connectivity index (χ0v) is 12.0. The summed E-state index contributed by atoms with van der Waals surface area (Å²) >= 11 is 0. The average molecular weight is 308 g/mol. The largest absolute Gasteiger partial charge is 0.496 e. The first-order valence-electron chi connectivity index (χ1n) is 6.74. The molecule has 8 nitrogen and oxygen atoms in total. The quantitative estimate of drug-likeness (QED) is 0.446. The fourth-order valence-electron chi connectivity index (χ4n) is 2.56. The molecule has 0 amide bonds. The molecular formula is C15H10N5O3. The molecule has 0 fully saturated rings. The van der Waals surface area contributed by atoms with Crippen molar-refractivity contribution in [3.8, 4) is 17.1 Å². The molecule has 4 rings (SSSR count). The molecule has 0 aliphatic carbocycles. The molecule has 8 heteroatoms. The van der Waals surface area contributed by atoms with Gasteiger partial charge in [-0.05, 0) is 18.2 Å². The topological polar surface area (TPSA) is 110 Å². The van der Waals surface area contributed by atoms with Gasteiger partial charge >= 0.3 is 0 Å². The highest BCUT2D eigenvalue weighted by atomic mass is 16.6. The van der Waals surface area contributed by atoms with E-state index in [-0.39, 0.29) is 5.69 Å². The molecule has 2 heterocycles. The van der Waals surface area contributed by atoms with Gasteiger partial charge in [-0.25, -0.2) is 9.97 Å². The maximum absolute atomic E-state index is 10.9. The number of rotatable bonds is 3. The van der Waals surface area contributed by atoms with Crippen LogP contribution in [0.2, 0.25) is 0 Å². The Morgan fingerprint density at radius 1 is 1.26 bits per heavy atom. The maximum atomic E-state index is 10.9. The first-order valence-corrected chi connectivity index (χ1v) is 6.74. The normalized spacial score (nSPS) is 11.2.